The predicted molar refractivity (Wildman–Crippen MR) is 99.4 cm³/mol. The second kappa shape index (κ2) is 6.54. The molecule has 1 heterocycles. The summed E-state index contributed by atoms with van der Waals surface area (Å²) in [6, 6.07) is 16.6. The van der Waals surface area contributed by atoms with Crippen LogP contribution < -0.4 is 0 Å². The van der Waals surface area contributed by atoms with Crippen molar-refractivity contribution in [1.82, 2.24) is 4.98 Å². The van der Waals surface area contributed by atoms with E-state index in [0.29, 0.717) is 0 Å². The molecular formula is C20H18ClNS. The van der Waals surface area contributed by atoms with Crippen molar-refractivity contribution in [1.29, 1.82) is 0 Å². The number of nitrogens with zero attached hydrogens (tertiary/aromatic N) is 1. The van der Waals surface area contributed by atoms with E-state index in [0.717, 1.165) is 29.1 Å². The van der Waals surface area contributed by atoms with Gasteiger partial charge >= 0.3 is 0 Å². The highest BCUT2D eigenvalue weighted by Crippen LogP contribution is 2.38. The minimum Gasteiger partial charge on any atom is -0.252 e. The van der Waals surface area contributed by atoms with Crippen molar-refractivity contribution in [3.63, 3.8) is 0 Å². The molecule has 0 fully saturated rings. The summed E-state index contributed by atoms with van der Waals surface area (Å²) in [5, 5.41) is 2.14. The predicted octanol–water partition coefficient (Wildman–Crippen LogP) is 6.06. The Morgan fingerprint density at radius 1 is 0.957 bits per heavy atom. The zero-order valence-electron chi connectivity index (χ0n) is 12.9. The minimum absolute atomic E-state index is 0.854. The van der Waals surface area contributed by atoms with E-state index in [9.17, 15) is 0 Å². The Balaban J connectivity index is 1.77. The van der Waals surface area contributed by atoms with Gasteiger partial charge in [-0.25, -0.2) is 0 Å². The van der Waals surface area contributed by atoms with Crippen LogP contribution in [0.2, 0.25) is 5.02 Å². The number of thioether (sulfide) groups is 1. The first-order chi connectivity index (χ1) is 11.3. The largest absolute Gasteiger partial charge is 0.252 e. The number of pyridine rings is 1. The van der Waals surface area contributed by atoms with Crippen molar-refractivity contribution in [2.75, 3.05) is 0 Å². The van der Waals surface area contributed by atoms with E-state index in [-0.39, 0.29) is 0 Å². The third-order valence-electron chi connectivity index (χ3n) is 4.45. The van der Waals surface area contributed by atoms with E-state index in [1.54, 1.807) is 0 Å². The van der Waals surface area contributed by atoms with Crippen LogP contribution in [0.25, 0.3) is 10.9 Å². The Bertz CT molecular complexity index is 859. The number of benzene rings is 2. The van der Waals surface area contributed by atoms with Crippen molar-refractivity contribution in [3.8, 4) is 0 Å². The number of para-hydroxylation sites is 1. The molecule has 3 aromatic rings. The Labute approximate surface area is 146 Å². The van der Waals surface area contributed by atoms with Crippen molar-refractivity contribution < 1.29 is 0 Å². The molecule has 1 aliphatic rings. The maximum Gasteiger partial charge on any atom is 0.0716 e. The Morgan fingerprint density at radius 3 is 2.65 bits per heavy atom. The van der Waals surface area contributed by atoms with Crippen LogP contribution >= 0.6 is 23.4 Å². The number of aryl methyl sites for hydroxylation is 1. The van der Waals surface area contributed by atoms with Crippen LogP contribution in [-0.4, -0.2) is 4.98 Å². The van der Waals surface area contributed by atoms with E-state index >= 15 is 0 Å². The lowest BCUT2D eigenvalue weighted by atomic mass is 9.94. The highest BCUT2D eigenvalue weighted by atomic mass is 35.5. The van der Waals surface area contributed by atoms with Gasteiger partial charge in [-0.2, -0.15) is 0 Å². The van der Waals surface area contributed by atoms with Crippen LogP contribution in [0.1, 0.15) is 29.7 Å². The van der Waals surface area contributed by atoms with Crippen molar-refractivity contribution >= 4 is 34.3 Å². The van der Waals surface area contributed by atoms with Gasteiger partial charge in [-0.1, -0.05) is 48.0 Å². The topological polar surface area (TPSA) is 12.9 Å². The molecule has 116 valence electrons. The van der Waals surface area contributed by atoms with Gasteiger partial charge in [0, 0.05) is 26.8 Å². The molecule has 0 spiro atoms. The second-order valence-electron chi connectivity index (χ2n) is 5.97. The third-order valence-corrected chi connectivity index (χ3v) is 6.03. The zero-order valence-corrected chi connectivity index (χ0v) is 14.5. The van der Waals surface area contributed by atoms with Crippen LogP contribution in [0.5, 0.6) is 0 Å². The van der Waals surface area contributed by atoms with Crippen molar-refractivity contribution in [3.05, 3.63) is 70.4 Å². The molecule has 0 saturated heterocycles. The highest BCUT2D eigenvalue weighted by Gasteiger charge is 2.18. The summed E-state index contributed by atoms with van der Waals surface area (Å²) >= 11 is 8.23. The average molecular weight is 340 g/mol. The molecule has 0 radical (unpaired) electrons. The fourth-order valence-electron chi connectivity index (χ4n) is 3.26. The lowest BCUT2D eigenvalue weighted by Gasteiger charge is -2.20. The SMILES string of the molecule is Clc1ccccc1CSc1c2c(nc3ccccc13)CCCC2. The molecule has 0 unspecified atom stereocenters. The summed E-state index contributed by atoms with van der Waals surface area (Å²) in [5.74, 6) is 0.903. The molecule has 0 N–H and O–H groups in total. The molecule has 0 aliphatic heterocycles. The molecule has 3 heteroatoms. The fraction of sp³-hybridized carbons (Fsp3) is 0.250. The summed E-state index contributed by atoms with van der Waals surface area (Å²) in [5.41, 5.74) is 5.09. The highest BCUT2D eigenvalue weighted by molar-refractivity contribution is 7.98. The number of hydrogen-bond acceptors (Lipinski definition) is 2. The fourth-order valence-corrected chi connectivity index (χ4v) is 4.81. The lowest BCUT2D eigenvalue weighted by molar-refractivity contribution is 0.662. The molecule has 0 atom stereocenters. The number of halogens is 1. The van der Waals surface area contributed by atoms with E-state index in [1.807, 2.05) is 23.9 Å². The molecule has 1 nitrogen and oxygen atoms in total. The number of fused-ring (bicyclic) bond motifs is 2. The van der Waals surface area contributed by atoms with Gasteiger partial charge in [-0.05, 0) is 48.9 Å². The smallest absolute Gasteiger partial charge is 0.0716 e. The van der Waals surface area contributed by atoms with Gasteiger partial charge in [0.05, 0.1) is 5.52 Å². The summed E-state index contributed by atoms with van der Waals surface area (Å²) in [6.45, 7) is 0. The van der Waals surface area contributed by atoms with Gasteiger partial charge < -0.3 is 0 Å². The second-order valence-corrected chi connectivity index (χ2v) is 7.36. The van der Waals surface area contributed by atoms with E-state index in [4.69, 9.17) is 16.6 Å². The maximum absolute atomic E-state index is 6.33. The minimum atomic E-state index is 0.854. The average Bonchev–Trinajstić information content (AvgIpc) is 2.60. The summed E-state index contributed by atoms with van der Waals surface area (Å²) in [7, 11) is 0. The quantitative estimate of drug-likeness (QED) is 0.538. The molecule has 1 aliphatic carbocycles. The van der Waals surface area contributed by atoms with Crippen LogP contribution in [0.3, 0.4) is 0 Å². The number of aromatic nitrogens is 1. The van der Waals surface area contributed by atoms with Crippen molar-refractivity contribution in [2.45, 2.75) is 36.3 Å². The van der Waals surface area contributed by atoms with Gasteiger partial charge in [-0.15, -0.1) is 11.8 Å². The van der Waals surface area contributed by atoms with Crippen LogP contribution in [0.4, 0.5) is 0 Å². The Kier molecular flexibility index (Phi) is 4.28. The molecule has 0 bridgehead atoms. The van der Waals surface area contributed by atoms with Gasteiger partial charge in [0.25, 0.3) is 0 Å². The van der Waals surface area contributed by atoms with E-state index in [1.165, 1.54) is 39.9 Å². The zero-order chi connectivity index (χ0) is 15.6. The summed E-state index contributed by atoms with van der Waals surface area (Å²) in [6.07, 6.45) is 4.79. The summed E-state index contributed by atoms with van der Waals surface area (Å²) < 4.78 is 0. The van der Waals surface area contributed by atoms with Crippen LogP contribution in [-0.2, 0) is 18.6 Å². The molecular weight excluding hydrogens is 322 g/mol. The maximum atomic E-state index is 6.33. The molecule has 1 aromatic heterocycles. The molecule has 4 rings (SSSR count). The van der Waals surface area contributed by atoms with E-state index < -0.39 is 0 Å². The molecule has 0 saturated carbocycles. The normalized spacial score (nSPS) is 14.0. The Morgan fingerprint density at radius 2 is 1.74 bits per heavy atom. The van der Waals surface area contributed by atoms with Gasteiger partial charge in [-0.3, -0.25) is 4.98 Å². The van der Waals surface area contributed by atoms with Gasteiger partial charge in [0.2, 0.25) is 0 Å². The first-order valence-corrected chi connectivity index (χ1v) is 9.46. The monoisotopic (exact) mass is 339 g/mol. The molecule has 23 heavy (non-hydrogen) atoms. The first-order valence-electron chi connectivity index (χ1n) is 8.09. The summed E-state index contributed by atoms with van der Waals surface area (Å²) in [4.78, 5) is 6.32. The number of hydrogen-bond donors (Lipinski definition) is 0. The number of rotatable bonds is 3. The molecule has 0 amide bonds. The molecule has 2 aromatic carbocycles. The third kappa shape index (κ3) is 2.98. The lowest BCUT2D eigenvalue weighted by Crippen LogP contribution is -2.07. The van der Waals surface area contributed by atoms with Crippen LogP contribution in [0, 0.1) is 0 Å². The van der Waals surface area contributed by atoms with Crippen molar-refractivity contribution in [2.24, 2.45) is 0 Å². The first kappa shape index (κ1) is 15.0. The van der Waals surface area contributed by atoms with Gasteiger partial charge in [0.1, 0.15) is 0 Å². The van der Waals surface area contributed by atoms with Gasteiger partial charge in [0.15, 0.2) is 0 Å². The van der Waals surface area contributed by atoms with E-state index in [2.05, 4.69) is 36.4 Å². The Hall–Kier alpha value is -1.51. The standard InChI is InChI=1S/C20H18ClNS/c21-17-10-4-1-7-14(17)13-23-20-15-8-2-5-11-18(15)22-19-12-6-3-9-16(19)20/h1-2,4-5,7-8,10-11H,3,6,9,12-13H2. The van der Waals surface area contributed by atoms with Crippen LogP contribution in [0.15, 0.2) is 53.4 Å².